The van der Waals surface area contributed by atoms with Gasteiger partial charge in [-0.2, -0.15) is 0 Å². The van der Waals surface area contributed by atoms with Crippen LogP contribution in [0.15, 0.2) is 29.8 Å². The number of rotatable bonds is 6. The third kappa shape index (κ3) is 5.06. The van der Waals surface area contributed by atoms with Crippen molar-refractivity contribution < 1.29 is 21.4 Å². The van der Waals surface area contributed by atoms with E-state index < -0.39 is 44.0 Å². The number of hydrogen-bond acceptors (Lipinski definition) is 5. The lowest BCUT2D eigenvalue weighted by molar-refractivity contribution is 0.146. The highest BCUT2D eigenvalue weighted by atomic mass is 19.3. The maximum absolute atomic E-state index is 14.8. The van der Waals surface area contributed by atoms with Gasteiger partial charge in [0.05, 0.1) is 18.2 Å². The molecule has 1 aliphatic heterocycles. The Morgan fingerprint density at radius 2 is 1.94 bits per heavy atom. The molecular weight excluding hydrogens is 415 g/mol. The minimum absolute atomic E-state index is 0.0577. The minimum atomic E-state index is -2.95. The van der Waals surface area contributed by atoms with Crippen LogP contribution >= 0.6 is 0 Å². The Labute approximate surface area is 195 Å². The molecule has 0 saturated heterocycles. The van der Waals surface area contributed by atoms with E-state index in [-0.39, 0.29) is 5.56 Å². The number of nitrogens with one attached hydrogen (secondary N) is 3. The van der Waals surface area contributed by atoms with Crippen LogP contribution in [-0.4, -0.2) is 38.7 Å². The number of anilines is 2. The standard InChI is InChI=1S/C24H28F3N5/c1-14-11-20-19(12-16(13-32(20)5)9-10-21(28-3)29-4)24(30-14)31-15(2)17-7-6-8-18(22(17)25)23(26)27/h6-8,11-12,15,21,23,28-29H,13H2,1-5H3,(H,30,31)/i3D3,4D3. The number of alkyl halides is 2. The van der Waals surface area contributed by atoms with Crippen LogP contribution in [0, 0.1) is 24.6 Å². The lowest BCUT2D eigenvalue weighted by atomic mass is 10.0. The van der Waals surface area contributed by atoms with Gasteiger partial charge in [-0.3, -0.25) is 10.6 Å². The predicted molar refractivity (Wildman–Crippen MR) is 123 cm³/mol. The molecule has 32 heavy (non-hydrogen) atoms. The van der Waals surface area contributed by atoms with Gasteiger partial charge in [0.2, 0.25) is 0 Å². The number of pyridine rings is 1. The molecule has 0 spiro atoms. The second-order valence-electron chi connectivity index (χ2n) is 7.48. The van der Waals surface area contributed by atoms with Crippen LogP contribution in [0.4, 0.5) is 24.7 Å². The lowest BCUT2D eigenvalue weighted by Gasteiger charge is -2.29. The molecule has 1 aromatic carbocycles. The van der Waals surface area contributed by atoms with Crippen molar-refractivity contribution >= 4 is 17.6 Å². The van der Waals surface area contributed by atoms with Crippen molar-refractivity contribution in [2.45, 2.75) is 32.5 Å². The molecule has 1 aromatic heterocycles. The maximum Gasteiger partial charge on any atom is 0.266 e. The number of hydrogen-bond donors (Lipinski definition) is 3. The van der Waals surface area contributed by atoms with Gasteiger partial charge in [0, 0.05) is 43.4 Å². The van der Waals surface area contributed by atoms with Crippen LogP contribution < -0.4 is 20.9 Å². The zero-order valence-electron chi connectivity index (χ0n) is 23.9. The highest BCUT2D eigenvalue weighted by Gasteiger charge is 2.23. The van der Waals surface area contributed by atoms with Gasteiger partial charge in [-0.15, -0.1) is 0 Å². The second-order valence-corrected chi connectivity index (χ2v) is 7.48. The molecule has 0 bridgehead atoms. The highest BCUT2D eigenvalue weighted by molar-refractivity contribution is 5.82. The first-order valence-corrected chi connectivity index (χ1v) is 9.87. The van der Waals surface area contributed by atoms with Crippen LogP contribution in [0.5, 0.6) is 0 Å². The lowest BCUT2D eigenvalue weighted by Crippen LogP contribution is -2.36. The third-order valence-corrected chi connectivity index (χ3v) is 5.08. The monoisotopic (exact) mass is 449 g/mol. The van der Waals surface area contributed by atoms with E-state index in [2.05, 4.69) is 32.8 Å². The van der Waals surface area contributed by atoms with Gasteiger partial charge in [-0.1, -0.05) is 30.0 Å². The molecule has 3 N–H and O–H groups in total. The number of fused-ring (bicyclic) bond motifs is 1. The van der Waals surface area contributed by atoms with Crippen LogP contribution in [0.25, 0.3) is 6.08 Å². The Kier molecular flexibility index (Phi) is 5.22. The number of aryl methyl sites for hydroxylation is 1. The van der Waals surface area contributed by atoms with E-state index in [0.717, 1.165) is 11.8 Å². The molecular formula is C24H28F3N5. The molecule has 0 fully saturated rings. The topological polar surface area (TPSA) is 52.2 Å². The fourth-order valence-corrected chi connectivity index (χ4v) is 3.50. The summed E-state index contributed by atoms with van der Waals surface area (Å²) in [7, 11) is 1.81. The number of aromatic nitrogens is 1. The fourth-order valence-electron chi connectivity index (χ4n) is 3.50. The number of halogens is 3. The Morgan fingerprint density at radius 1 is 1.22 bits per heavy atom. The van der Waals surface area contributed by atoms with Gasteiger partial charge in [0.1, 0.15) is 17.8 Å². The normalized spacial score (nSPS) is 17.6. The second kappa shape index (κ2) is 10.1. The summed E-state index contributed by atoms with van der Waals surface area (Å²) in [6, 6.07) is 4.98. The minimum Gasteiger partial charge on any atom is -0.369 e. The van der Waals surface area contributed by atoms with Crippen LogP contribution in [0.2, 0.25) is 0 Å². The fraction of sp³-hybridized carbons (Fsp3) is 0.375. The Morgan fingerprint density at radius 3 is 2.62 bits per heavy atom. The van der Waals surface area contributed by atoms with Crippen LogP contribution in [0.3, 0.4) is 0 Å². The largest absolute Gasteiger partial charge is 0.369 e. The van der Waals surface area contributed by atoms with E-state index >= 15 is 0 Å². The predicted octanol–water partition coefficient (Wildman–Crippen LogP) is 4.24. The van der Waals surface area contributed by atoms with E-state index in [1.165, 1.54) is 12.1 Å². The number of benzene rings is 1. The van der Waals surface area contributed by atoms with Gasteiger partial charge < -0.3 is 10.2 Å². The van der Waals surface area contributed by atoms with Gasteiger partial charge in [-0.05, 0) is 39.9 Å². The summed E-state index contributed by atoms with van der Waals surface area (Å²) in [6.07, 6.45) is -2.58. The average molecular weight is 450 g/mol. The molecule has 2 aromatic rings. The molecule has 1 unspecified atom stereocenters. The summed E-state index contributed by atoms with van der Waals surface area (Å²) in [6.45, 7) is -1.50. The third-order valence-electron chi connectivity index (χ3n) is 5.08. The van der Waals surface area contributed by atoms with Crippen LogP contribution in [-0.2, 0) is 0 Å². The number of nitrogens with zero attached hydrogens (tertiary/aromatic N) is 2. The van der Waals surface area contributed by atoms with E-state index in [0.29, 0.717) is 29.2 Å². The van der Waals surface area contributed by atoms with Gasteiger partial charge in [0.15, 0.2) is 0 Å². The molecule has 3 rings (SSSR count). The first-order valence-electron chi connectivity index (χ1n) is 12.9. The molecule has 0 amide bonds. The summed E-state index contributed by atoms with van der Waals surface area (Å²) in [5.41, 5.74) is 1.98. The Bertz CT molecular complexity index is 1250. The van der Waals surface area contributed by atoms with E-state index in [1.54, 1.807) is 19.9 Å². The molecule has 5 nitrogen and oxygen atoms in total. The van der Waals surface area contributed by atoms with Crippen molar-refractivity contribution in [1.82, 2.24) is 15.6 Å². The zero-order chi connectivity index (χ0) is 28.4. The quantitative estimate of drug-likeness (QED) is 0.455. The molecule has 1 atom stereocenters. The first-order chi connectivity index (χ1) is 17.5. The molecule has 2 heterocycles. The van der Waals surface area contributed by atoms with Crippen molar-refractivity contribution in [3.63, 3.8) is 0 Å². The van der Waals surface area contributed by atoms with Gasteiger partial charge in [0.25, 0.3) is 6.43 Å². The molecule has 0 aliphatic carbocycles. The van der Waals surface area contributed by atoms with Crippen molar-refractivity contribution in [2.24, 2.45) is 0 Å². The molecule has 0 saturated carbocycles. The first kappa shape index (κ1) is 16.6. The summed E-state index contributed by atoms with van der Waals surface area (Å²) >= 11 is 0. The van der Waals surface area contributed by atoms with Crippen molar-refractivity contribution in [1.29, 1.82) is 0 Å². The molecule has 1 aliphatic rings. The smallest absolute Gasteiger partial charge is 0.266 e. The van der Waals surface area contributed by atoms with E-state index in [1.807, 2.05) is 18.0 Å². The van der Waals surface area contributed by atoms with E-state index in [4.69, 9.17) is 8.22 Å². The summed E-state index contributed by atoms with van der Waals surface area (Å²) in [5.74, 6) is 4.85. The maximum atomic E-state index is 14.8. The van der Waals surface area contributed by atoms with Crippen LogP contribution in [0.1, 0.15) is 50.0 Å². The molecule has 8 heteroatoms. The molecule has 170 valence electrons. The molecule has 0 radical (unpaired) electrons. The van der Waals surface area contributed by atoms with Crippen molar-refractivity contribution in [2.75, 3.05) is 37.8 Å². The Balaban J connectivity index is 1.98. The average Bonchev–Trinajstić information content (AvgIpc) is 2.76. The zero-order valence-corrected chi connectivity index (χ0v) is 17.9. The summed E-state index contributed by atoms with van der Waals surface area (Å²) < 4.78 is 85.4. The van der Waals surface area contributed by atoms with Gasteiger partial charge >= 0.3 is 0 Å². The van der Waals surface area contributed by atoms with Crippen molar-refractivity contribution in [3.05, 3.63) is 58.0 Å². The number of likely N-dealkylation sites (N-methyl/N-ethyl adjacent to an activating group) is 1. The SMILES string of the molecule is [2H]C([2H])([2H])NC(C#CC1=Cc2c(cc(C)nc2NC(C)c2cccc(C(F)F)c2F)N(C)C1)NC([2H])([2H])[2H]. The Hall–Kier alpha value is -3.02. The van der Waals surface area contributed by atoms with Crippen molar-refractivity contribution in [3.8, 4) is 11.8 Å². The highest BCUT2D eigenvalue weighted by Crippen LogP contribution is 2.35. The van der Waals surface area contributed by atoms with E-state index in [9.17, 15) is 13.2 Å². The summed E-state index contributed by atoms with van der Waals surface area (Å²) in [4.78, 5) is 6.41. The van der Waals surface area contributed by atoms with Gasteiger partial charge in [-0.25, -0.2) is 18.2 Å². The summed E-state index contributed by atoms with van der Waals surface area (Å²) in [5, 5.41) is 7.44.